The summed E-state index contributed by atoms with van der Waals surface area (Å²) in [5, 5.41) is 2.51. The molecule has 1 saturated heterocycles. The SMILES string of the molecule is N[C@H](Cc1c[nH]c2ccccc12)C(=O)N1CCCO1. The molecule has 0 radical (unpaired) electrons. The molecule has 5 heteroatoms. The minimum absolute atomic E-state index is 0.136. The highest BCUT2D eigenvalue weighted by atomic mass is 16.7. The molecule has 0 saturated carbocycles. The third-order valence-electron chi connectivity index (χ3n) is 3.43. The first-order valence-corrected chi connectivity index (χ1v) is 6.50. The quantitative estimate of drug-likeness (QED) is 0.870. The van der Waals surface area contributed by atoms with E-state index in [1.807, 2.05) is 30.5 Å². The average Bonchev–Trinajstić information content (AvgIpc) is 3.08. The standard InChI is InChI=1S/C14H17N3O2/c15-12(14(18)17-6-3-7-19-17)8-10-9-16-13-5-2-1-4-11(10)13/h1-2,4-5,9,12,16H,3,6-8,15H2/t12-/m1/s1. The molecule has 1 aromatic heterocycles. The van der Waals surface area contributed by atoms with E-state index in [0.29, 0.717) is 19.6 Å². The van der Waals surface area contributed by atoms with Crippen LogP contribution in [0.1, 0.15) is 12.0 Å². The monoisotopic (exact) mass is 259 g/mol. The highest BCUT2D eigenvalue weighted by Gasteiger charge is 2.25. The molecule has 0 spiro atoms. The summed E-state index contributed by atoms with van der Waals surface area (Å²) in [5.41, 5.74) is 8.12. The molecular weight excluding hydrogens is 242 g/mol. The summed E-state index contributed by atoms with van der Waals surface area (Å²) < 4.78 is 0. The molecule has 0 unspecified atom stereocenters. The van der Waals surface area contributed by atoms with Gasteiger partial charge in [0.1, 0.15) is 0 Å². The first-order valence-electron chi connectivity index (χ1n) is 6.50. The largest absolute Gasteiger partial charge is 0.361 e. The number of hydroxylamine groups is 2. The first-order chi connectivity index (χ1) is 9.25. The highest BCUT2D eigenvalue weighted by Crippen LogP contribution is 2.19. The van der Waals surface area contributed by atoms with E-state index in [-0.39, 0.29) is 5.91 Å². The zero-order chi connectivity index (χ0) is 13.2. The fraction of sp³-hybridized carbons (Fsp3) is 0.357. The summed E-state index contributed by atoms with van der Waals surface area (Å²) in [6, 6.07) is 7.44. The Morgan fingerprint density at radius 2 is 2.32 bits per heavy atom. The number of carbonyl (C=O) groups excluding carboxylic acids is 1. The molecule has 1 atom stereocenters. The number of carbonyl (C=O) groups is 1. The molecule has 3 N–H and O–H groups in total. The molecule has 0 bridgehead atoms. The molecule has 1 aromatic carbocycles. The Hall–Kier alpha value is -1.85. The third-order valence-corrected chi connectivity index (χ3v) is 3.43. The minimum Gasteiger partial charge on any atom is -0.361 e. The van der Waals surface area contributed by atoms with Gasteiger partial charge in [0, 0.05) is 17.1 Å². The molecule has 19 heavy (non-hydrogen) atoms. The average molecular weight is 259 g/mol. The maximum absolute atomic E-state index is 12.1. The number of aromatic amines is 1. The van der Waals surface area contributed by atoms with Crippen LogP contribution in [0.25, 0.3) is 10.9 Å². The molecule has 1 aliphatic heterocycles. The van der Waals surface area contributed by atoms with E-state index in [2.05, 4.69) is 4.98 Å². The van der Waals surface area contributed by atoms with E-state index in [1.54, 1.807) is 0 Å². The van der Waals surface area contributed by atoms with Crippen LogP contribution in [0.3, 0.4) is 0 Å². The van der Waals surface area contributed by atoms with Gasteiger partial charge in [-0.3, -0.25) is 9.63 Å². The van der Waals surface area contributed by atoms with E-state index in [1.165, 1.54) is 5.06 Å². The first kappa shape index (κ1) is 12.2. The van der Waals surface area contributed by atoms with Crippen molar-refractivity contribution in [1.29, 1.82) is 0 Å². The van der Waals surface area contributed by atoms with Crippen molar-refractivity contribution in [3.05, 3.63) is 36.0 Å². The normalized spacial score (nSPS) is 17.0. The van der Waals surface area contributed by atoms with Crippen LogP contribution in [-0.4, -0.2) is 35.1 Å². The lowest BCUT2D eigenvalue weighted by Crippen LogP contribution is -2.43. The zero-order valence-electron chi connectivity index (χ0n) is 10.6. The van der Waals surface area contributed by atoms with Crippen molar-refractivity contribution in [2.24, 2.45) is 5.73 Å². The van der Waals surface area contributed by atoms with E-state index in [0.717, 1.165) is 22.9 Å². The number of nitrogens with two attached hydrogens (primary N) is 1. The molecule has 2 heterocycles. The Balaban J connectivity index is 1.75. The van der Waals surface area contributed by atoms with Crippen molar-refractivity contribution in [2.45, 2.75) is 18.9 Å². The molecule has 1 amide bonds. The van der Waals surface area contributed by atoms with Crippen molar-refractivity contribution >= 4 is 16.8 Å². The molecule has 0 aliphatic carbocycles. The van der Waals surface area contributed by atoms with Gasteiger partial charge < -0.3 is 10.7 Å². The zero-order valence-corrected chi connectivity index (χ0v) is 10.6. The number of aromatic nitrogens is 1. The van der Waals surface area contributed by atoms with E-state index >= 15 is 0 Å². The Morgan fingerprint density at radius 3 is 3.11 bits per heavy atom. The lowest BCUT2D eigenvalue weighted by molar-refractivity contribution is -0.170. The van der Waals surface area contributed by atoms with Crippen LogP contribution in [0.5, 0.6) is 0 Å². The maximum Gasteiger partial charge on any atom is 0.263 e. The van der Waals surface area contributed by atoms with Gasteiger partial charge in [0.25, 0.3) is 5.91 Å². The number of benzene rings is 1. The Kier molecular flexibility index (Phi) is 3.23. The second-order valence-electron chi connectivity index (χ2n) is 4.80. The molecule has 1 aliphatic rings. The van der Waals surface area contributed by atoms with Gasteiger partial charge in [0.15, 0.2) is 0 Å². The predicted molar refractivity (Wildman–Crippen MR) is 72.3 cm³/mol. The highest BCUT2D eigenvalue weighted by molar-refractivity contribution is 5.85. The van der Waals surface area contributed by atoms with Crippen LogP contribution in [0.2, 0.25) is 0 Å². The maximum atomic E-state index is 12.1. The van der Waals surface area contributed by atoms with Crippen LogP contribution < -0.4 is 5.73 Å². The molecule has 100 valence electrons. The number of hydrogen-bond acceptors (Lipinski definition) is 3. The van der Waals surface area contributed by atoms with Gasteiger partial charge in [0.2, 0.25) is 0 Å². The number of fused-ring (bicyclic) bond motifs is 1. The fourth-order valence-corrected chi connectivity index (χ4v) is 2.43. The predicted octanol–water partition coefficient (Wildman–Crippen LogP) is 1.20. The lowest BCUT2D eigenvalue weighted by atomic mass is 10.1. The number of para-hydroxylation sites is 1. The van der Waals surface area contributed by atoms with Crippen molar-refractivity contribution in [1.82, 2.24) is 10.0 Å². The number of rotatable bonds is 3. The number of nitrogens with zero attached hydrogens (tertiary/aromatic N) is 1. The van der Waals surface area contributed by atoms with E-state index in [9.17, 15) is 4.79 Å². The molecular formula is C14H17N3O2. The van der Waals surface area contributed by atoms with E-state index in [4.69, 9.17) is 10.6 Å². The number of nitrogens with one attached hydrogen (secondary N) is 1. The van der Waals surface area contributed by atoms with Crippen LogP contribution in [0.4, 0.5) is 0 Å². The van der Waals surface area contributed by atoms with Gasteiger partial charge in [-0.15, -0.1) is 0 Å². The van der Waals surface area contributed by atoms with Crippen LogP contribution in [-0.2, 0) is 16.1 Å². The van der Waals surface area contributed by atoms with Crippen molar-refractivity contribution in [3.8, 4) is 0 Å². The molecule has 2 aromatic rings. The van der Waals surface area contributed by atoms with Crippen molar-refractivity contribution in [2.75, 3.05) is 13.2 Å². The van der Waals surface area contributed by atoms with Gasteiger partial charge in [-0.1, -0.05) is 18.2 Å². The molecule has 1 fully saturated rings. The van der Waals surface area contributed by atoms with Crippen LogP contribution in [0, 0.1) is 0 Å². The lowest BCUT2D eigenvalue weighted by Gasteiger charge is -2.18. The van der Waals surface area contributed by atoms with Gasteiger partial charge in [-0.05, 0) is 24.5 Å². The Labute approximate surface area is 111 Å². The van der Waals surface area contributed by atoms with Gasteiger partial charge in [-0.25, -0.2) is 5.06 Å². The Bertz CT molecular complexity index is 587. The number of amides is 1. The minimum atomic E-state index is -0.558. The van der Waals surface area contributed by atoms with Crippen LogP contribution in [0.15, 0.2) is 30.5 Å². The summed E-state index contributed by atoms with van der Waals surface area (Å²) in [6.07, 6.45) is 3.32. The van der Waals surface area contributed by atoms with Crippen LogP contribution >= 0.6 is 0 Å². The van der Waals surface area contributed by atoms with Crippen molar-refractivity contribution in [3.63, 3.8) is 0 Å². The van der Waals surface area contributed by atoms with Gasteiger partial charge >= 0.3 is 0 Å². The second kappa shape index (κ2) is 5.03. The summed E-state index contributed by atoms with van der Waals surface area (Å²) in [4.78, 5) is 20.5. The smallest absolute Gasteiger partial charge is 0.263 e. The third kappa shape index (κ3) is 2.34. The summed E-state index contributed by atoms with van der Waals surface area (Å²) in [7, 11) is 0. The fourth-order valence-electron chi connectivity index (χ4n) is 2.43. The van der Waals surface area contributed by atoms with Crippen molar-refractivity contribution < 1.29 is 9.63 Å². The number of H-pyrrole nitrogens is 1. The number of hydrogen-bond donors (Lipinski definition) is 2. The molecule has 3 rings (SSSR count). The topological polar surface area (TPSA) is 71.4 Å². The summed E-state index contributed by atoms with van der Waals surface area (Å²) in [6.45, 7) is 1.24. The van der Waals surface area contributed by atoms with Gasteiger partial charge in [0.05, 0.1) is 19.2 Å². The summed E-state index contributed by atoms with van der Waals surface area (Å²) in [5.74, 6) is -0.136. The van der Waals surface area contributed by atoms with E-state index < -0.39 is 6.04 Å². The summed E-state index contributed by atoms with van der Waals surface area (Å²) >= 11 is 0. The molecule has 5 nitrogen and oxygen atoms in total. The van der Waals surface area contributed by atoms with Gasteiger partial charge in [-0.2, -0.15) is 0 Å². The second-order valence-corrected chi connectivity index (χ2v) is 4.80. The Morgan fingerprint density at radius 1 is 1.47 bits per heavy atom.